The molecule has 0 saturated heterocycles. The van der Waals surface area contributed by atoms with Gasteiger partial charge in [0.1, 0.15) is 11.5 Å². The molecule has 1 aromatic carbocycles. The van der Waals surface area contributed by atoms with Crippen molar-refractivity contribution in [3.8, 4) is 0 Å². The molecule has 0 aliphatic carbocycles. The summed E-state index contributed by atoms with van der Waals surface area (Å²) in [6, 6.07) is 11.5. The van der Waals surface area contributed by atoms with E-state index in [-0.39, 0.29) is 18.4 Å². The quantitative estimate of drug-likeness (QED) is 0.648. The topological polar surface area (TPSA) is 95.5 Å². The van der Waals surface area contributed by atoms with Crippen LogP contribution in [0, 0.1) is 5.92 Å². The van der Waals surface area contributed by atoms with Crippen LogP contribution in [-0.2, 0) is 15.0 Å². The first-order valence-corrected chi connectivity index (χ1v) is 9.54. The smallest absolute Gasteiger partial charge is 0.315 e. The predicted octanol–water partition coefficient (Wildman–Crippen LogP) is 2.66. The van der Waals surface area contributed by atoms with Crippen LogP contribution in [0.3, 0.4) is 0 Å². The lowest BCUT2D eigenvalue weighted by atomic mass is 9.82. The molecule has 0 bridgehead atoms. The van der Waals surface area contributed by atoms with Gasteiger partial charge in [0.05, 0.1) is 4.88 Å². The number of hydrogen-bond donors (Lipinski definition) is 3. The molecule has 2 atom stereocenters. The molecule has 0 aliphatic rings. The SMILES string of the molecule is CC(C)C(NC(=O)c1cccs1)C(=O)NCC(C)(C(=O)O)c1ccccc1. The van der Waals surface area contributed by atoms with Gasteiger partial charge in [-0.15, -0.1) is 11.3 Å². The Morgan fingerprint density at radius 1 is 1.11 bits per heavy atom. The number of carbonyl (C=O) groups is 3. The van der Waals surface area contributed by atoms with Crippen molar-refractivity contribution in [3.05, 3.63) is 58.3 Å². The molecule has 2 aromatic rings. The van der Waals surface area contributed by atoms with Gasteiger partial charge in [-0.05, 0) is 29.9 Å². The second-order valence-electron chi connectivity index (χ2n) is 6.89. The van der Waals surface area contributed by atoms with Crippen LogP contribution < -0.4 is 10.6 Å². The molecule has 0 aliphatic heterocycles. The van der Waals surface area contributed by atoms with Crippen molar-refractivity contribution in [3.63, 3.8) is 0 Å². The largest absolute Gasteiger partial charge is 0.481 e. The van der Waals surface area contributed by atoms with Crippen LogP contribution in [0.5, 0.6) is 0 Å². The summed E-state index contributed by atoms with van der Waals surface area (Å²) < 4.78 is 0. The molecular formula is C20H24N2O4S. The standard InChI is InChI=1S/C20H24N2O4S/c1-13(2)16(22-17(23)15-10-7-11-27-15)18(24)21-12-20(3,19(25)26)14-8-5-4-6-9-14/h4-11,13,16H,12H2,1-3H3,(H,21,24)(H,22,23)(H,25,26). The maximum absolute atomic E-state index is 12.7. The summed E-state index contributed by atoms with van der Waals surface area (Å²) in [6.07, 6.45) is 0. The van der Waals surface area contributed by atoms with Crippen molar-refractivity contribution in [2.75, 3.05) is 6.54 Å². The molecule has 3 N–H and O–H groups in total. The highest BCUT2D eigenvalue weighted by atomic mass is 32.1. The van der Waals surface area contributed by atoms with Gasteiger partial charge in [-0.1, -0.05) is 50.2 Å². The van der Waals surface area contributed by atoms with Crippen LogP contribution in [0.1, 0.15) is 36.0 Å². The molecule has 6 nitrogen and oxygen atoms in total. The Bertz CT molecular complexity index is 790. The van der Waals surface area contributed by atoms with Gasteiger partial charge in [-0.2, -0.15) is 0 Å². The van der Waals surface area contributed by atoms with Crippen molar-refractivity contribution in [1.29, 1.82) is 0 Å². The third-order valence-electron chi connectivity index (χ3n) is 4.48. The second-order valence-corrected chi connectivity index (χ2v) is 7.84. The van der Waals surface area contributed by atoms with Crippen molar-refractivity contribution in [2.24, 2.45) is 5.92 Å². The summed E-state index contributed by atoms with van der Waals surface area (Å²) in [4.78, 5) is 37.3. The maximum atomic E-state index is 12.7. The molecule has 2 rings (SSSR count). The molecule has 0 radical (unpaired) electrons. The minimum Gasteiger partial charge on any atom is -0.481 e. The van der Waals surface area contributed by atoms with Gasteiger partial charge >= 0.3 is 5.97 Å². The Kier molecular flexibility index (Phi) is 6.74. The summed E-state index contributed by atoms with van der Waals surface area (Å²) in [6.45, 7) is 5.14. The van der Waals surface area contributed by atoms with Gasteiger partial charge in [-0.25, -0.2) is 0 Å². The van der Waals surface area contributed by atoms with Crippen LogP contribution in [-0.4, -0.2) is 35.5 Å². The molecule has 2 amide bonds. The average molecular weight is 388 g/mol. The molecule has 0 fully saturated rings. The van der Waals surface area contributed by atoms with E-state index in [0.29, 0.717) is 10.4 Å². The number of amides is 2. The van der Waals surface area contributed by atoms with E-state index in [9.17, 15) is 19.5 Å². The van der Waals surface area contributed by atoms with Gasteiger partial charge in [0.2, 0.25) is 5.91 Å². The molecule has 1 aromatic heterocycles. The summed E-state index contributed by atoms with van der Waals surface area (Å²) >= 11 is 1.29. The van der Waals surface area contributed by atoms with Crippen molar-refractivity contribution >= 4 is 29.1 Å². The highest BCUT2D eigenvalue weighted by Crippen LogP contribution is 2.23. The van der Waals surface area contributed by atoms with Crippen LogP contribution in [0.2, 0.25) is 0 Å². The lowest BCUT2D eigenvalue weighted by Crippen LogP contribution is -2.53. The first kappa shape index (κ1) is 20.6. The number of carbonyl (C=O) groups excluding carboxylic acids is 2. The maximum Gasteiger partial charge on any atom is 0.315 e. The zero-order chi connectivity index (χ0) is 20.0. The molecule has 1 heterocycles. The molecule has 0 saturated carbocycles. The van der Waals surface area contributed by atoms with E-state index in [1.807, 2.05) is 13.8 Å². The Balaban J connectivity index is 2.10. The van der Waals surface area contributed by atoms with E-state index >= 15 is 0 Å². The molecular weight excluding hydrogens is 364 g/mol. The van der Waals surface area contributed by atoms with Crippen LogP contribution in [0.25, 0.3) is 0 Å². The predicted molar refractivity (Wildman–Crippen MR) is 105 cm³/mol. The Labute approximate surface area is 162 Å². The minimum atomic E-state index is -1.27. The number of carboxylic acids is 1. The Hall–Kier alpha value is -2.67. The zero-order valence-corrected chi connectivity index (χ0v) is 16.4. The monoisotopic (exact) mass is 388 g/mol. The highest BCUT2D eigenvalue weighted by Gasteiger charge is 2.36. The molecule has 2 unspecified atom stereocenters. The van der Waals surface area contributed by atoms with E-state index in [0.717, 1.165) is 0 Å². The molecule has 0 spiro atoms. The lowest BCUT2D eigenvalue weighted by Gasteiger charge is -2.28. The fourth-order valence-electron chi connectivity index (χ4n) is 2.64. The summed E-state index contributed by atoms with van der Waals surface area (Å²) in [5, 5.41) is 16.9. The first-order valence-electron chi connectivity index (χ1n) is 8.66. The summed E-state index contributed by atoms with van der Waals surface area (Å²) in [7, 11) is 0. The van der Waals surface area contributed by atoms with Crippen molar-refractivity contribution in [2.45, 2.75) is 32.2 Å². The normalized spacial score (nSPS) is 14.2. The van der Waals surface area contributed by atoms with E-state index in [2.05, 4.69) is 10.6 Å². The Morgan fingerprint density at radius 3 is 2.30 bits per heavy atom. The van der Waals surface area contributed by atoms with Crippen molar-refractivity contribution in [1.82, 2.24) is 10.6 Å². The van der Waals surface area contributed by atoms with E-state index in [1.165, 1.54) is 11.3 Å². The number of hydrogen-bond acceptors (Lipinski definition) is 4. The molecule has 144 valence electrons. The third-order valence-corrected chi connectivity index (χ3v) is 5.35. The van der Waals surface area contributed by atoms with Crippen LogP contribution in [0.15, 0.2) is 47.8 Å². The van der Waals surface area contributed by atoms with Gasteiger partial charge in [0.25, 0.3) is 5.91 Å². The minimum absolute atomic E-state index is 0.0801. The molecule has 27 heavy (non-hydrogen) atoms. The fourth-order valence-corrected chi connectivity index (χ4v) is 3.26. The van der Waals surface area contributed by atoms with E-state index in [4.69, 9.17) is 0 Å². The fraction of sp³-hybridized carbons (Fsp3) is 0.350. The van der Waals surface area contributed by atoms with Gasteiger partial charge in [0.15, 0.2) is 0 Å². The number of nitrogens with one attached hydrogen (secondary N) is 2. The zero-order valence-electron chi connectivity index (χ0n) is 15.6. The summed E-state index contributed by atoms with van der Waals surface area (Å²) in [5.41, 5.74) is -0.669. The molecule has 7 heteroatoms. The second kappa shape index (κ2) is 8.81. The number of thiophene rings is 1. The van der Waals surface area contributed by atoms with Crippen LogP contribution >= 0.6 is 11.3 Å². The Morgan fingerprint density at radius 2 is 1.78 bits per heavy atom. The number of benzene rings is 1. The first-order chi connectivity index (χ1) is 12.8. The van der Waals surface area contributed by atoms with E-state index < -0.39 is 23.3 Å². The van der Waals surface area contributed by atoms with Gasteiger partial charge in [-0.3, -0.25) is 14.4 Å². The van der Waals surface area contributed by atoms with E-state index in [1.54, 1.807) is 54.8 Å². The van der Waals surface area contributed by atoms with Crippen LogP contribution in [0.4, 0.5) is 0 Å². The lowest BCUT2D eigenvalue weighted by molar-refractivity contribution is -0.143. The number of rotatable bonds is 8. The van der Waals surface area contributed by atoms with Crippen molar-refractivity contribution < 1.29 is 19.5 Å². The highest BCUT2D eigenvalue weighted by molar-refractivity contribution is 7.12. The number of carboxylic acid groups (broad SMARTS) is 1. The summed E-state index contributed by atoms with van der Waals surface area (Å²) in [5.74, 6) is -1.90. The third kappa shape index (κ3) is 4.95. The van der Waals surface area contributed by atoms with Gasteiger partial charge in [0, 0.05) is 6.54 Å². The van der Waals surface area contributed by atoms with Gasteiger partial charge < -0.3 is 15.7 Å². The number of aliphatic carboxylic acids is 1. The average Bonchev–Trinajstić information content (AvgIpc) is 3.18.